The number of hydrogen-bond donors (Lipinski definition) is 1. The lowest BCUT2D eigenvalue weighted by molar-refractivity contribution is -0.136. The van der Waals surface area contributed by atoms with Crippen LogP contribution in [0.4, 0.5) is 0 Å². The number of nitrogens with zero attached hydrogens (tertiary/aromatic N) is 1. The van der Waals surface area contributed by atoms with Gasteiger partial charge in [-0.3, -0.25) is 4.79 Å². The fraction of sp³-hybridized carbons (Fsp3) is 0.462. The zero-order valence-electron chi connectivity index (χ0n) is 11.3. The largest absolute Gasteiger partial charge is 0.480 e. The Kier molecular flexibility index (Phi) is 5.08. The maximum absolute atomic E-state index is 12.3. The highest BCUT2D eigenvalue weighted by Crippen LogP contribution is 2.17. The van der Waals surface area contributed by atoms with Gasteiger partial charge < -0.3 is 5.11 Å². The molecule has 1 unspecified atom stereocenters. The van der Waals surface area contributed by atoms with E-state index in [4.69, 9.17) is 5.11 Å². The van der Waals surface area contributed by atoms with Crippen molar-refractivity contribution < 1.29 is 18.3 Å². The van der Waals surface area contributed by atoms with Crippen LogP contribution in [-0.4, -0.2) is 35.1 Å². The number of carboxylic acid groups (broad SMARTS) is 1. The predicted octanol–water partition coefficient (Wildman–Crippen LogP) is 1.70. The smallest absolute Gasteiger partial charge is 0.323 e. The van der Waals surface area contributed by atoms with Crippen LogP contribution in [0, 0.1) is 0 Å². The zero-order chi connectivity index (χ0) is 14.6. The molecule has 5 nitrogen and oxygen atoms in total. The molecule has 1 aromatic carbocycles. The minimum absolute atomic E-state index is 0.179. The number of hydrogen-bond acceptors (Lipinski definition) is 3. The van der Waals surface area contributed by atoms with E-state index in [1.165, 1.54) is 11.2 Å². The van der Waals surface area contributed by atoms with Crippen molar-refractivity contribution >= 4 is 16.0 Å². The van der Waals surface area contributed by atoms with E-state index in [1.807, 2.05) is 30.3 Å². The number of carboxylic acids is 1. The van der Waals surface area contributed by atoms with Crippen LogP contribution in [0.5, 0.6) is 0 Å². The molecule has 0 aromatic heterocycles. The van der Waals surface area contributed by atoms with Crippen LogP contribution in [0.15, 0.2) is 30.3 Å². The molecule has 0 aliphatic rings. The van der Waals surface area contributed by atoms with Crippen LogP contribution in [0.2, 0.25) is 0 Å². The van der Waals surface area contributed by atoms with Gasteiger partial charge in [0.05, 0.1) is 0 Å². The van der Waals surface area contributed by atoms with Gasteiger partial charge in [-0.15, -0.1) is 0 Å². The van der Waals surface area contributed by atoms with Gasteiger partial charge >= 0.3 is 5.97 Å². The molecule has 1 N–H and O–H groups in total. The molecule has 1 atom stereocenters. The summed E-state index contributed by atoms with van der Waals surface area (Å²) in [5.41, 5.74) is 0.831. The second-order valence-corrected chi connectivity index (χ2v) is 6.86. The topological polar surface area (TPSA) is 74.7 Å². The number of benzene rings is 1. The van der Waals surface area contributed by atoms with Crippen LogP contribution < -0.4 is 0 Å². The second kappa shape index (κ2) is 6.16. The van der Waals surface area contributed by atoms with E-state index in [1.54, 1.807) is 13.8 Å². The van der Waals surface area contributed by atoms with Crippen LogP contribution in [0.1, 0.15) is 26.3 Å². The first-order chi connectivity index (χ1) is 8.76. The van der Waals surface area contributed by atoms with Gasteiger partial charge in [0.1, 0.15) is 0 Å². The molecule has 19 heavy (non-hydrogen) atoms. The average molecular weight is 285 g/mol. The molecule has 0 radical (unpaired) electrons. The maximum atomic E-state index is 12.3. The Morgan fingerprint density at radius 1 is 1.21 bits per heavy atom. The van der Waals surface area contributed by atoms with Gasteiger partial charge in [-0.05, 0) is 26.3 Å². The lowest BCUT2D eigenvalue weighted by Gasteiger charge is -2.27. The second-order valence-electron chi connectivity index (χ2n) is 4.65. The van der Waals surface area contributed by atoms with Gasteiger partial charge in [-0.2, -0.15) is 4.31 Å². The van der Waals surface area contributed by atoms with E-state index < -0.39 is 21.2 Å². The number of carbonyl (C=O) groups is 1. The zero-order valence-corrected chi connectivity index (χ0v) is 12.1. The van der Waals surface area contributed by atoms with Gasteiger partial charge in [0.25, 0.3) is 0 Å². The Balaban J connectivity index is 3.05. The average Bonchev–Trinajstić information content (AvgIpc) is 2.35. The summed E-state index contributed by atoms with van der Waals surface area (Å²) in [4.78, 5) is 10.9. The molecule has 0 aliphatic heterocycles. The summed E-state index contributed by atoms with van der Waals surface area (Å²) >= 11 is 0. The van der Waals surface area contributed by atoms with Crippen LogP contribution >= 0.6 is 0 Å². The third kappa shape index (κ3) is 3.78. The van der Waals surface area contributed by atoms with Crippen LogP contribution in [0.3, 0.4) is 0 Å². The highest BCUT2D eigenvalue weighted by Gasteiger charge is 2.35. The Hall–Kier alpha value is -1.40. The summed E-state index contributed by atoms with van der Waals surface area (Å²) < 4.78 is 25.7. The monoisotopic (exact) mass is 285 g/mol. The molecular weight excluding hydrogens is 266 g/mol. The van der Waals surface area contributed by atoms with Crippen molar-refractivity contribution in [3.05, 3.63) is 35.9 Å². The van der Waals surface area contributed by atoms with Crippen molar-refractivity contribution in [1.82, 2.24) is 4.31 Å². The summed E-state index contributed by atoms with van der Waals surface area (Å²) in [5.74, 6) is -1.33. The highest BCUT2D eigenvalue weighted by atomic mass is 32.2. The van der Waals surface area contributed by atoms with Gasteiger partial charge in [0, 0.05) is 12.6 Å². The minimum atomic E-state index is -3.86. The third-order valence-electron chi connectivity index (χ3n) is 2.88. The molecule has 0 saturated heterocycles. The quantitative estimate of drug-likeness (QED) is 0.863. The fourth-order valence-corrected chi connectivity index (χ4v) is 3.24. The third-order valence-corrected chi connectivity index (χ3v) is 5.18. The number of aliphatic carboxylic acids is 1. The van der Waals surface area contributed by atoms with Crippen molar-refractivity contribution in [1.29, 1.82) is 0 Å². The minimum Gasteiger partial charge on any atom is -0.480 e. The molecule has 106 valence electrons. The molecule has 0 aliphatic carbocycles. The maximum Gasteiger partial charge on any atom is 0.323 e. The summed E-state index contributed by atoms with van der Waals surface area (Å²) in [6.07, 6.45) is 0. The van der Waals surface area contributed by atoms with Crippen molar-refractivity contribution in [3.8, 4) is 0 Å². The van der Waals surface area contributed by atoms with E-state index >= 15 is 0 Å². The van der Waals surface area contributed by atoms with Gasteiger partial charge in [-0.1, -0.05) is 30.3 Å². The molecule has 0 heterocycles. The van der Waals surface area contributed by atoms with E-state index in [0.29, 0.717) is 0 Å². The summed E-state index contributed by atoms with van der Waals surface area (Å²) in [6.45, 7) is 4.83. The van der Waals surface area contributed by atoms with Gasteiger partial charge in [0.2, 0.25) is 10.0 Å². The number of sulfonamides is 1. The molecule has 0 bridgehead atoms. The lowest BCUT2D eigenvalue weighted by Crippen LogP contribution is -2.44. The SMILES string of the molecule is CC(C)N(Cc1ccccc1)S(=O)(=O)C(C)C(=O)O. The molecule has 0 spiro atoms. The summed E-state index contributed by atoms with van der Waals surface area (Å²) in [7, 11) is -3.86. The first kappa shape index (κ1) is 15.7. The Bertz CT molecular complexity index is 525. The summed E-state index contributed by atoms with van der Waals surface area (Å²) in [5, 5.41) is 7.46. The highest BCUT2D eigenvalue weighted by molar-refractivity contribution is 7.90. The Morgan fingerprint density at radius 2 is 1.74 bits per heavy atom. The van der Waals surface area contributed by atoms with Gasteiger partial charge in [0.15, 0.2) is 5.25 Å². The Labute approximate surface area is 113 Å². The predicted molar refractivity (Wildman–Crippen MR) is 73.1 cm³/mol. The van der Waals surface area contributed by atoms with E-state index in [9.17, 15) is 13.2 Å². The standard InChI is InChI=1S/C13H19NO4S/c1-10(2)14(9-12-7-5-4-6-8-12)19(17,18)11(3)13(15)16/h4-8,10-11H,9H2,1-3H3,(H,15,16). The molecule has 1 aromatic rings. The molecular formula is C13H19NO4S. The van der Waals surface area contributed by atoms with Gasteiger partial charge in [-0.25, -0.2) is 8.42 Å². The van der Waals surface area contributed by atoms with E-state index in [-0.39, 0.29) is 12.6 Å². The summed E-state index contributed by atoms with van der Waals surface area (Å²) in [6, 6.07) is 8.82. The van der Waals surface area contributed by atoms with Crippen molar-refractivity contribution in [2.45, 2.75) is 38.6 Å². The van der Waals surface area contributed by atoms with Crippen molar-refractivity contribution in [3.63, 3.8) is 0 Å². The fourth-order valence-electron chi connectivity index (χ4n) is 1.66. The normalized spacial score (nSPS) is 13.7. The molecule has 0 saturated carbocycles. The van der Waals surface area contributed by atoms with E-state index in [0.717, 1.165) is 5.56 Å². The molecule has 1 rings (SSSR count). The van der Waals surface area contributed by atoms with Crippen LogP contribution in [-0.2, 0) is 21.4 Å². The molecule has 0 amide bonds. The Morgan fingerprint density at radius 3 is 2.16 bits per heavy atom. The first-order valence-corrected chi connectivity index (χ1v) is 7.54. The van der Waals surface area contributed by atoms with Crippen molar-refractivity contribution in [2.24, 2.45) is 0 Å². The molecule has 6 heteroatoms. The number of rotatable bonds is 6. The molecule has 0 fully saturated rings. The first-order valence-electron chi connectivity index (χ1n) is 6.04. The van der Waals surface area contributed by atoms with Crippen LogP contribution in [0.25, 0.3) is 0 Å². The van der Waals surface area contributed by atoms with E-state index in [2.05, 4.69) is 0 Å². The lowest BCUT2D eigenvalue weighted by atomic mass is 10.2. The van der Waals surface area contributed by atoms with Crippen molar-refractivity contribution in [2.75, 3.05) is 0 Å².